The van der Waals surface area contributed by atoms with E-state index in [1.807, 2.05) is 0 Å². The van der Waals surface area contributed by atoms with Gasteiger partial charge in [0.05, 0.1) is 0 Å². The summed E-state index contributed by atoms with van der Waals surface area (Å²) in [5.74, 6) is 2.88. The van der Waals surface area contributed by atoms with E-state index >= 15 is 0 Å². The van der Waals surface area contributed by atoms with Crippen LogP contribution in [0.2, 0.25) is 0 Å². The summed E-state index contributed by atoms with van der Waals surface area (Å²) in [6.45, 7) is 11.9. The molecule has 0 saturated carbocycles. The highest BCUT2D eigenvalue weighted by Crippen LogP contribution is 2.28. The zero-order valence-corrected chi connectivity index (χ0v) is 14.5. The molecular formula is C19H40. The number of hydrogen-bond acceptors (Lipinski definition) is 0. The molecule has 116 valence electrons. The van der Waals surface area contributed by atoms with Crippen molar-refractivity contribution in [1.29, 1.82) is 0 Å². The quantitative estimate of drug-likeness (QED) is 0.309. The van der Waals surface area contributed by atoms with E-state index in [1.165, 1.54) is 70.6 Å². The third-order valence-electron chi connectivity index (χ3n) is 4.93. The van der Waals surface area contributed by atoms with E-state index in [-0.39, 0.29) is 0 Å². The van der Waals surface area contributed by atoms with Crippen molar-refractivity contribution in [3.05, 3.63) is 0 Å². The molecule has 0 bridgehead atoms. The summed E-state index contributed by atoms with van der Waals surface area (Å²) in [4.78, 5) is 0. The van der Waals surface area contributed by atoms with Crippen molar-refractivity contribution in [2.75, 3.05) is 0 Å². The molecule has 0 N–H and O–H groups in total. The van der Waals surface area contributed by atoms with Crippen LogP contribution in [-0.2, 0) is 0 Å². The standard InChI is InChI=1S/C19H40/c1-6-9-10-11-15-19(18(5)8-3)16-12-14-17(4)13-7-2/h17-19H,6-16H2,1-5H3. The van der Waals surface area contributed by atoms with Gasteiger partial charge in [0, 0.05) is 0 Å². The van der Waals surface area contributed by atoms with Crippen LogP contribution in [0.5, 0.6) is 0 Å². The Hall–Kier alpha value is 0. The summed E-state index contributed by atoms with van der Waals surface area (Å²) in [6.07, 6.45) is 15.7. The Kier molecular flexibility index (Phi) is 13.0. The molecule has 0 aromatic carbocycles. The average molecular weight is 269 g/mol. The molecule has 0 spiro atoms. The van der Waals surface area contributed by atoms with Gasteiger partial charge >= 0.3 is 0 Å². The van der Waals surface area contributed by atoms with E-state index in [4.69, 9.17) is 0 Å². The zero-order valence-electron chi connectivity index (χ0n) is 14.5. The normalized spacial score (nSPS) is 16.3. The van der Waals surface area contributed by atoms with Gasteiger partial charge in [-0.05, 0) is 17.8 Å². The first-order valence-electron chi connectivity index (χ1n) is 9.15. The van der Waals surface area contributed by atoms with Crippen LogP contribution in [0.15, 0.2) is 0 Å². The molecule has 0 aliphatic rings. The number of rotatable bonds is 13. The summed E-state index contributed by atoms with van der Waals surface area (Å²) >= 11 is 0. The molecule has 0 amide bonds. The first-order valence-corrected chi connectivity index (χ1v) is 9.15. The van der Waals surface area contributed by atoms with E-state index in [0.717, 1.165) is 17.8 Å². The van der Waals surface area contributed by atoms with Gasteiger partial charge in [0.15, 0.2) is 0 Å². The van der Waals surface area contributed by atoms with Crippen molar-refractivity contribution in [3.63, 3.8) is 0 Å². The van der Waals surface area contributed by atoms with Gasteiger partial charge in [0.1, 0.15) is 0 Å². The maximum Gasteiger partial charge on any atom is -0.0389 e. The Morgan fingerprint density at radius 3 is 1.89 bits per heavy atom. The van der Waals surface area contributed by atoms with Crippen LogP contribution in [0.25, 0.3) is 0 Å². The lowest BCUT2D eigenvalue weighted by atomic mass is 9.82. The van der Waals surface area contributed by atoms with Crippen LogP contribution in [0.1, 0.15) is 105 Å². The van der Waals surface area contributed by atoms with E-state index in [0.29, 0.717) is 0 Å². The third kappa shape index (κ3) is 10.4. The van der Waals surface area contributed by atoms with Crippen molar-refractivity contribution in [3.8, 4) is 0 Å². The molecule has 0 radical (unpaired) electrons. The predicted octanol–water partition coefficient (Wildman–Crippen LogP) is 7.23. The minimum Gasteiger partial charge on any atom is -0.0654 e. The van der Waals surface area contributed by atoms with Crippen LogP contribution in [-0.4, -0.2) is 0 Å². The Bertz CT molecular complexity index is 173. The molecule has 0 heteroatoms. The number of hydrogen-bond donors (Lipinski definition) is 0. The third-order valence-corrected chi connectivity index (χ3v) is 4.93. The van der Waals surface area contributed by atoms with Crippen LogP contribution in [0.3, 0.4) is 0 Å². The summed E-state index contributed by atoms with van der Waals surface area (Å²) in [5.41, 5.74) is 0. The largest absolute Gasteiger partial charge is 0.0654 e. The predicted molar refractivity (Wildman–Crippen MR) is 89.6 cm³/mol. The van der Waals surface area contributed by atoms with Gasteiger partial charge in [-0.2, -0.15) is 0 Å². The fourth-order valence-electron chi connectivity index (χ4n) is 3.25. The van der Waals surface area contributed by atoms with Crippen LogP contribution in [0, 0.1) is 17.8 Å². The molecule has 3 atom stereocenters. The summed E-state index contributed by atoms with van der Waals surface area (Å²) in [7, 11) is 0. The van der Waals surface area contributed by atoms with Crippen LogP contribution >= 0.6 is 0 Å². The van der Waals surface area contributed by atoms with Crippen molar-refractivity contribution in [1.82, 2.24) is 0 Å². The molecule has 0 saturated heterocycles. The molecule has 0 nitrogen and oxygen atoms in total. The van der Waals surface area contributed by atoms with Crippen molar-refractivity contribution < 1.29 is 0 Å². The Morgan fingerprint density at radius 2 is 1.32 bits per heavy atom. The maximum absolute atomic E-state index is 2.47. The zero-order chi connectivity index (χ0) is 14.5. The molecule has 19 heavy (non-hydrogen) atoms. The van der Waals surface area contributed by atoms with Gasteiger partial charge in [0.2, 0.25) is 0 Å². The minimum atomic E-state index is 0.933. The fraction of sp³-hybridized carbons (Fsp3) is 1.00. The first-order chi connectivity index (χ1) is 9.15. The SMILES string of the molecule is CCCCCCC(CCCC(C)CCC)C(C)CC. The first kappa shape index (κ1) is 19.0. The second-order valence-corrected chi connectivity index (χ2v) is 6.82. The second kappa shape index (κ2) is 13.0. The van der Waals surface area contributed by atoms with Gasteiger partial charge in [0.25, 0.3) is 0 Å². The highest BCUT2D eigenvalue weighted by Gasteiger charge is 2.15. The minimum absolute atomic E-state index is 0.933. The fourth-order valence-corrected chi connectivity index (χ4v) is 3.25. The van der Waals surface area contributed by atoms with Crippen molar-refractivity contribution in [2.45, 2.75) is 105 Å². The number of unbranched alkanes of at least 4 members (excludes halogenated alkanes) is 3. The molecule has 0 aliphatic heterocycles. The summed E-state index contributed by atoms with van der Waals surface area (Å²) in [5, 5.41) is 0. The van der Waals surface area contributed by atoms with Crippen LogP contribution in [0.4, 0.5) is 0 Å². The molecule has 0 rings (SSSR count). The average Bonchev–Trinajstić information content (AvgIpc) is 2.41. The molecular weight excluding hydrogens is 228 g/mol. The van der Waals surface area contributed by atoms with Crippen LogP contribution < -0.4 is 0 Å². The Balaban J connectivity index is 3.86. The van der Waals surface area contributed by atoms with E-state index in [9.17, 15) is 0 Å². The lowest BCUT2D eigenvalue weighted by Gasteiger charge is -2.23. The van der Waals surface area contributed by atoms with Crippen molar-refractivity contribution >= 4 is 0 Å². The maximum atomic E-state index is 2.47. The molecule has 0 heterocycles. The Labute approximate surface area is 123 Å². The van der Waals surface area contributed by atoms with E-state index in [2.05, 4.69) is 34.6 Å². The van der Waals surface area contributed by atoms with Gasteiger partial charge in [-0.1, -0.05) is 105 Å². The van der Waals surface area contributed by atoms with Gasteiger partial charge in [-0.3, -0.25) is 0 Å². The Morgan fingerprint density at radius 1 is 0.632 bits per heavy atom. The molecule has 0 aromatic heterocycles. The highest BCUT2D eigenvalue weighted by molar-refractivity contribution is 4.67. The van der Waals surface area contributed by atoms with Crippen molar-refractivity contribution in [2.24, 2.45) is 17.8 Å². The van der Waals surface area contributed by atoms with E-state index in [1.54, 1.807) is 0 Å². The van der Waals surface area contributed by atoms with Gasteiger partial charge in [-0.15, -0.1) is 0 Å². The summed E-state index contributed by atoms with van der Waals surface area (Å²) in [6, 6.07) is 0. The molecule has 3 unspecified atom stereocenters. The lowest BCUT2D eigenvalue weighted by Crippen LogP contribution is -2.12. The summed E-state index contributed by atoms with van der Waals surface area (Å²) < 4.78 is 0. The monoisotopic (exact) mass is 268 g/mol. The van der Waals surface area contributed by atoms with E-state index < -0.39 is 0 Å². The van der Waals surface area contributed by atoms with Gasteiger partial charge < -0.3 is 0 Å². The molecule has 0 aromatic rings. The molecule has 0 aliphatic carbocycles. The second-order valence-electron chi connectivity index (χ2n) is 6.82. The topological polar surface area (TPSA) is 0 Å². The smallest absolute Gasteiger partial charge is 0.0389 e. The lowest BCUT2D eigenvalue weighted by molar-refractivity contribution is 0.281. The van der Waals surface area contributed by atoms with Gasteiger partial charge in [-0.25, -0.2) is 0 Å². The highest BCUT2D eigenvalue weighted by atomic mass is 14.2. The molecule has 0 fully saturated rings.